The fraction of sp³-hybridized carbons (Fsp3) is 0.909. The minimum absolute atomic E-state index is 0.308. The number of amides is 1. The van der Waals surface area contributed by atoms with Gasteiger partial charge < -0.3 is 10.2 Å². The van der Waals surface area contributed by atoms with Gasteiger partial charge in [0.1, 0.15) is 0 Å². The summed E-state index contributed by atoms with van der Waals surface area (Å²) in [5, 5.41) is 3.01. The van der Waals surface area contributed by atoms with Gasteiger partial charge in [-0.05, 0) is 25.3 Å². The van der Waals surface area contributed by atoms with Crippen LogP contribution >= 0.6 is 0 Å². The van der Waals surface area contributed by atoms with Crippen molar-refractivity contribution in [1.29, 1.82) is 0 Å². The van der Waals surface area contributed by atoms with Crippen molar-refractivity contribution >= 4 is 5.91 Å². The van der Waals surface area contributed by atoms with E-state index in [1.807, 2.05) is 11.9 Å². The Morgan fingerprint density at radius 3 is 2.79 bits per heavy atom. The molecule has 1 saturated heterocycles. The Balaban J connectivity index is 2.30. The third-order valence-electron chi connectivity index (χ3n) is 3.11. The average Bonchev–Trinajstić information content (AvgIpc) is 2.62. The Morgan fingerprint density at radius 1 is 1.57 bits per heavy atom. The fourth-order valence-corrected chi connectivity index (χ4v) is 1.95. The second-order valence-corrected chi connectivity index (χ2v) is 4.49. The van der Waals surface area contributed by atoms with Crippen LogP contribution in [0.5, 0.6) is 0 Å². The lowest BCUT2D eigenvalue weighted by Gasteiger charge is -2.18. The first-order valence-corrected chi connectivity index (χ1v) is 5.57. The van der Waals surface area contributed by atoms with E-state index in [9.17, 15) is 4.79 Å². The molecule has 1 atom stereocenters. The normalized spacial score (nSPS) is 22.0. The van der Waals surface area contributed by atoms with Crippen molar-refractivity contribution in [3.8, 4) is 0 Å². The molecule has 0 aromatic heterocycles. The zero-order valence-corrected chi connectivity index (χ0v) is 9.55. The highest BCUT2D eigenvalue weighted by Gasteiger charge is 2.27. The standard InChI is InChI=1S/C11H22N2O/c1-9(2)10-5-7-13(8-10)11(14)4-6-12-3/h9-10,12H,4-8H2,1-3H3. The minimum atomic E-state index is 0.308. The number of nitrogens with zero attached hydrogens (tertiary/aromatic N) is 1. The fourth-order valence-electron chi connectivity index (χ4n) is 1.95. The second kappa shape index (κ2) is 5.35. The average molecular weight is 198 g/mol. The summed E-state index contributed by atoms with van der Waals surface area (Å²) >= 11 is 0. The summed E-state index contributed by atoms with van der Waals surface area (Å²) in [4.78, 5) is 13.7. The van der Waals surface area contributed by atoms with Crippen molar-refractivity contribution < 1.29 is 4.79 Å². The van der Waals surface area contributed by atoms with E-state index < -0.39 is 0 Å². The van der Waals surface area contributed by atoms with Crippen molar-refractivity contribution in [1.82, 2.24) is 10.2 Å². The molecule has 1 rings (SSSR count). The quantitative estimate of drug-likeness (QED) is 0.733. The second-order valence-electron chi connectivity index (χ2n) is 4.49. The Kier molecular flexibility index (Phi) is 4.39. The molecule has 1 fully saturated rings. The SMILES string of the molecule is CNCCC(=O)N1CCC(C(C)C)C1. The number of carbonyl (C=O) groups is 1. The van der Waals surface area contributed by atoms with Gasteiger partial charge in [0, 0.05) is 26.1 Å². The first-order valence-electron chi connectivity index (χ1n) is 5.57. The van der Waals surface area contributed by atoms with Crippen LogP contribution in [0.1, 0.15) is 26.7 Å². The lowest BCUT2D eigenvalue weighted by atomic mass is 9.95. The topological polar surface area (TPSA) is 32.3 Å². The highest BCUT2D eigenvalue weighted by molar-refractivity contribution is 5.76. The number of carbonyl (C=O) groups excluding carboxylic acids is 1. The summed E-state index contributed by atoms with van der Waals surface area (Å²) in [7, 11) is 1.88. The van der Waals surface area contributed by atoms with Crippen molar-refractivity contribution in [3.05, 3.63) is 0 Å². The summed E-state index contributed by atoms with van der Waals surface area (Å²) in [5.41, 5.74) is 0. The molecule has 14 heavy (non-hydrogen) atoms. The lowest BCUT2D eigenvalue weighted by molar-refractivity contribution is -0.130. The van der Waals surface area contributed by atoms with E-state index in [-0.39, 0.29) is 0 Å². The van der Waals surface area contributed by atoms with Crippen LogP contribution in [0.25, 0.3) is 0 Å². The van der Waals surface area contributed by atoms with Gasteiger partial charge in [-0.25, -0.2) is 0 Å². The number of likely N-dealkylation sites (tertiary alicyclic amines) is 1. The van der Waals surface area contributed by atoms with Crippen molar-refractivity contribution in [2.24, 2.45) is 11.8 Å². The molecule has 0 aromatic carbocycles. The molecular weight excluding hydrogens is 176 g/mol. The van der Waals surface area contributed by atoms with Gasteiger partial charge in [-0.15, -0.1) is 0 Å². The number of rotatable bonds is 4. The maximum atomic E-state index is 11.7. The number of hydrogen-bond donors (Lipinski definition) is 1. The molecule has 1 N–H and O–H groups in total. The largest absolute Gasteiger partial charge is 0.342 e. The molecule has 0 bridgehead atoms. The van der Waals surface area contributed by atoms with E-state index in [0.29, 0.717) is 24.2 Å². The molecule has 3 heteroatoms. The minimum Gasteiger partial charge on any atom is -0.342 e. The van der Waals surface area contributed by atoms with E-state index in [1.165, 1.54) is 6.42 Å². The first kappa shape index (κ1) is 11.5. The van der Waals surface area contributed by atoms with Gasteiger partial charge in [0.25, 0.3) is 0 Å². The molecule has 0 radical (unpaired) electrons. The lowest BCUT2D eigenvalue weighted by Crippen LogP contribution is -2.31. The molecule has 82 valence electrons. The molecule has 1 amide bonds. The Labute approximate surface area is 86.9 Å². The summed E-state index contributed by atoms with van der Waals surface area (Å²) in [6.07, 6.45) is 1.82. The van der Waals surface area contributed by atoms with Crippen LogP contribution in [0.2, 0.25) is 0 Å². The molecule has 0 saturated carbocycles. The van der Waals surface area contributed by atoms with Crippen LogP contribution in [0.3, 0.4) is 0 Å². The summed E-state index contributed by atoms with van der Waals surface area (Å²) < 4.78 is 0. The van der Waals surface area contributed by atoms with Crippen LogP contribution in [0.15, 0.2) is 0 Å². The van der Waals surface area contributed by atoms with Gasteiger partial charge in [0.15, 0.2) is 0 Å². The highest BCUT2D eigenvalue weighted by Crippen LogP contribution is 2.23. The van der Waals surface area contributed by atoms with E-state index >= 15 is 0 Å². The van der Waals surface area contributed by atoms with Crippen LogP contribution in [-0.4, -0.2) is 37.5 Å². The maximum Gasteiger partial charge on any atom is 0.223 e. The van der Waals surface area contributed by atoms with E-state index in [0.717, 1.165) is 19.6 Å². The molecule has 0 aliphatic carbocycles. The zero-order chi connectivity index (χ0) is 10.6. The molecule has 1 aliphatic rings. The van der Waals surface area contributed by atoms with Crippen LogP contribution in [-0.2, 0) is 4.79 Å². The van der Waals surface area contributed by atoms with E-state index in [2.05, 4.69) is 19.2 Å². The van der Waals surface area contributed by atoms with Gasteiger partial charge in [-0.1, -0.05) is 13.8 Å². The Morgan fingerprint density at radius 2 is 2.29 bits per heavy atom. The molecule has 0 spiro atoms. The van der Waals surface area contributed by atoms with Gasteiger partial charge >= 0.3 is 0 Å². The summed E-state index contributed by atoms with van der Waals surface area (Å²) in [5.74, 6) is 1.73. The monoisotopic (exact) mass is 198 g/mol. The smallest absolute Gasteiger partial charge is 0.223 e. The molecule has 3 nitrogen and oxygen atoms in total. The number of hydrogen-bond acceptors (Lipinski definition) is 2. The Hall–Kier alpha value is -0.570. The van der Waals surface area contributed by atoms with Crippen molar-refractivity contribution in [3.63, 3.8) is 0 Å². The van der Waals surface area contributed by atoms with Gasteiger partial charge in [-0.2, -0.15) is 0 Å². The van der Waals surface area contributed by atoms with Crippen molar-refractivity contribution in [2.75, 3.05) is 26.7 Å². The van der Waals surface area contributed by atoms with Gasteiger partial charge in [0.05, 0.1) is 0 Å². The van der Waals surface area contributed by atoms with Crippen molar-refractivity contribution in [2.45, 2.75) is 26.7 Å². The third-order valence-corrected chi connectivity index (χ3v) is 3.11. The Bertz CT molecular complexity index is 192. The predicted octanol–water partition coefficient (Wildman–Crippen LogP) is 1.10. The molecule has 1 heterocycles. The zero-order valence-electron chi connectivity index (χ0n) is 9.55. The molecular formula is C11H22N2O. The van der Waals surface area contributed by atoms with Crippen LogP contribution in [0, 0.1) is 11.8 Å². The molecule has 1 unspecified atom stereocenters. The van der Waals surface area contributed by atoms with Crippen LogP contribution in [0.4, 0.5) is 0 Å². The maximum absolute atomic E-state index is 11.7. The highest BCUT2D eigenvalue weighted by atomic mass is 16.2. The first-order chi connectivity index (χ1) is 6.65. The predicted molar refractivity (Wildman–Crippen MR) is 58.1 cm³/mol. The summed E-state index contributed by atoms with van der Waals surface area (Å²) in [6, 6.07) is 0. The van der Waals surface area contributed by atoms with Gasteiger partial charge in [0.2, 0.25) is 5.91 Å². The molecule has 0 aromatic rings. The van der Waals surface area contributed by atoms with Crippen LogP contribution < -0.4 is 5.32 Å². The van der Waals surface area contributed by atoms with E-state index in [4.69, 9.17) is 0 Å². The van der Waals surface area contributed by atoms with Gasteiger partial charge in [-0.3, -0.25) is 4.79 Å². The summed E-state index contributed by atoms with van der Waals surface area (Å²) in [6.45, 7) is 7.21. The molecule has 1 aliphatic heterocycles. The third kappa shape index (κ3) is 2.98. The van der Waals surface area contributed by atoms with E-state index in [1.54, 1.807) is 0 Å². The number of nitrogens with one attached hydrogen (secondary N) is 1.